The Balaban J connectivity index is 1.47. The molecule has 2 fully saturated rings. The molecule has 5 nitrogen and oxygen atoms in total. The summed E-state index contributed by atoms with van der Waals surface area (Å²) in [6.45, 7) is 7.73. The molecule has 34 heavy (non-hydrogen) atoms. The maximum Gasteiger partial charge on any atom is 0.338 e. The maximum absolute atomic E-state index is 13.5. The number of phenols is 1. The van der Waals surface area contributed by atoms with Crippen molar-refractivity contribution >= 4 is 10.3 Å². The normalized spacial score (nSPS) is 30.7. The summed E-state index contributed by atoms with van der Waals surface area (Å²) < 4.78 is 34.7. The minimum absolute atomic E-state index is 0.0822. The van der Waals surface area contributed by atoms with Crippen LogP contribution in [0.3, 0.4) is 0 Å². The van der Waals surface area contributed by atoms with Crippen LogP contribution in [-0.2, 0) is 20.9 Å². The predicted octanol–water partition coefficient (Wildman–Crippen LogP) is 6.56. The van der Waals surface area contributed by atoms with E-state index in [4.69, 9.17) is 4.18 Å². The summed E-state index contributed by atoms with van der Waals surface area (Å²) in [5.41, 5.74) is 2.63. The molecule has 2 saturated carbocycles. The van der Waals surface area contributed by atoms with E-state index in [1.807, 2.05) is 12.1 Å². The van der Waals surface area contributed by atoms with Gasteiger partial charge in [-0.2, -0.15) is 12.7 Å². The van der Waals surface area contributed by atoms with Crippen molar-refractivity contribution < 1.29 is 17.7 Å². The number of fused-ring (bicyclic) bond motifs is 5. The number of rotatable bonds is 11. The monoisotopic (exact) mass is 491 g/mol. The van der Waals surface area contributed by atoms with E-state index in [1.165, 1.54) is 11.1 Å². The number of aromatic hydroxyl groups is 1. The fourth-order valence-electron chi connectivity index (χ4n) is 7.30. The van der Waals surface area contributed by atoms with E-state index >= 15 is 0 Å². The van der Waals surface area contributed by atoms with Gasteiger partial charge in [0.15, 0.2) is 0 Å². The van der Waals surface area contributed by atoms with Crippen molar-refractivity contribution in [1.82, 2.24) is 4.31 Å². The summed E-state index contributed by atoms with van der Waals surface area (Å²) in [6, 6.07) is 5.90. The van der Waals surface area contributed by atoms with Crippen molar-refractivity contribution in [3.8, 4) is 5.75 Å². The third-order valence-corrected chi connectivity index (χ3v) is 10.7. The lowest BCUT2D eigenvalue weighted by atomic mass is 9.55. The molecular weight excluding hydrogens is 446 g/mol. The third-order valence-electron chi connectivity index (χ3n) is 9.20. The number of aryl methyl sites for hydroxylation is 1. The molecule has 3 aliphatic rings. The Bertz CT molecular complexity index is 922. The summed E-state index contributed by atoms with van der Waals surface area (Å²) in [7, 11) is -3.73. The topological polar surface area (TPSA) is 66.8 Å². The van der Waals surface area contributed by atoms with Crippen molar-refractivity contribution in [2.45, 2.75) is 110 Å². The molecule has 4 rings (SSSR count). The molecule has 192 valence electrons. The van der Waals surface area contributed by atoms with Gasteiger partial charge >= 0.3 is 10.3 Å². The number of unbranched alkanes of at least 4 members (excludes halogenated alkanes) is 4. The number of benzene rings is 1. The van der Waals surface area contributed by atoms with Crippen molar-refractivity contribution in [3.63, 3.8) is 0 Å². The largest absolute Gasteiger partial charge is 0.508 e. The van der Waals surface area contributed by atoms with Gasteiger partial charge in [0, 0.05) is 13.1 Å². The lowest BCUT2D eigenvalue weighted by Crippen LogP contribution is -2.46. The quantitative estimate of drug-likeness (QED) is 0.356. The molecule has 0 aliphatic heterocycles. The van der Waals surface area contributed by atoms with Crippen LogP contribution < -0.4 is 0 Å². The molecule has 0 amide bonds. The van der Waals surface area contributed by atoms with Gasteiger partial charge in [0.05, 0.1) is 6.10 Å². The molecule has 0 bridgehead atoms. The van der Waals surface area contributed by atoms with Crippen LogP contribution in [0.5, 0.6) is 5.75 Å². The Kier molecular flexibility index (Phi) is 8.31. The molecule has 0 heterocycles. The van der Waals surface area contributed by atoms with Crippen molar-refractivity contribution in [1.29, 1.82) is 0 Å². The Morgan fingerprint density at radius 2 is 1.74 bits per heavy atom. The molecule has 5 atom stereocenters. The molecule has 3 aliphatic carbocycles. The van der Waals surface area contributed by atoms with Gasteiger partial charge in [0.25, 0.3) is 0 Å². The van der Waals surface area contributed by atoms with E-state index in [0.29, 0.717) is 36.6 Å². The van der Waals surface area contributed by atoms with Crippen LogP contribution in [0, 0.1) is 17.3 Å². The Labute approximate surface area is 207 Å². The number of hydrogen-bond acceptors (Lipinski definition) is 4. The first-order valence-corrected chi connectivity index (χ1v) is 15.2. The second-order valence-electron chi connectivity index (χ2n) is 11.3. The van der Waals surface area contributed by atoms with Crippen molar-refractivity contribution in [3.05, 3.63) is 29.3 Å². The van der Waals surface area contributed by atoms with Crippen LogP contribution in [0.15, 0.2) is 18.2 Å². The van der Waals surface area contributed by atoms with Crippen LogP contribution >= 0.6 is 0 Å². The van der Waals surface area contributed by atoms with Gasteiger partial charge in [0.2, 0.25) is 0 Å². The van der Waals surface area contributed by atoms with E-state index in [2.05, 4.69) is 26.8 Å². The van der Waals surface area contributed by atoms with Crippen LogP contribution in [0.1, 0.15) is 108 Å². The first-order valence-electron chi connectivity index (χ1n) is 13.8. The Morgan fingerprint density at radius 1 is 1.03 bits per heavy atom. The summed E-state index contributed by atoms with van der Waals surface area (Å²) in [4.78, 5) is 0. The van der Waals surface area contributed by atoms with E-state index in [-0.39, 0.29) is 11.5 Å². The zero-order valence-corrected chi connectivity index (χ0v) is 22.3. The average molecular weight is 492 g/mol. The first kappa shape index (κ1) is 26.0. The summed E-state index contributed by atoms with van der Waals surface area (Å²) in [6.07, 6.45) is 11.9. The van der Waals surface area contributed by atoms with Gasteiger partial charge in [0.1, 0.15) is 5.75 Å². The van der Waals surface area contributed by atoms with Crippen LogP contribution in [0.2, 0.25) is 0 Å². The molecule has 1 N–H and O–H groups in total. The minimum atomic E-state index is -3.73. The summed E-state index contributed by atoms with van der Waals surface area (Å²) in [5, 5.41) is 9.92. The van der Waals surface area contributed by atoms with Crippen molar-refractivity contribution in [2.75, 3.05) is 13.1 Å². The van der Waals surface area contributed by atoms with Gasteiger partial charge in [-0.05, 0) is 97.8 Å². The van der Waals surface area contributed by atoms with Crippen LogP contribution in [0.25, 0.3) is 0 Å². The van der Waals surface area contributed by atoms with Gasteiger partial charge in [-0.15, -0.1) is 0 Å². The zero-order chi connectivity index (χ0) is 24.3. The average Bonchev–Trinajstić information content (AvgIpc) is 3.13. The van der Waals surface area contributed by atoms with E-state index in [0.717, 1.165) is 77.0 Å². The molecule has 1 aromatic carbocycles. The highest BCUT2D eigenvalue weighted by Gasteiger charge is 2.56. The number of phenolic OH excluding ortho intramolecular Hbond substituents is 1. The van der Waals surface area contributed by atoms with E-state index in [1.54, 1.807) is 4.31 Å². The summed E-state index contributed by atoms with van der Waals surface area (Å²) >= 11 is 0. The standard InChI is InChI=1S/C28H45NO4S/c1-4-6-8-18-29(19-9-7-5-2)34(31,32)33-27-15-14-26-25-12-10-21-20-22(30)11-13-23(21)24(25)16-17-28(26,27)3/h11,13,20,24-27,30H,4-10,12,14-19H2,1-3H3/t24?,25?,26?,27-,28-/m0/s1. The van der Waals surface area contributed by atoms with Gasteiger partial charge in [-0.25, -0.2) is 0 Å². The Hall–Kier alpha value is -1.11. The molecule has 0 saturated heterocycles. The smallest absolute Gasteiger partial charge is 0.338 e. The third kappa shape index (κ3) is 5.19. The highest BCUT2D eigenvalue weighted by Crippen LogP contribution is 2.61. The van der Waals surface area contributed by atoms with E-state index in [9.17, 15) is 13.5 Å². The number of hydrogen-bond donors (Lipinski definition) is 1. The van der Waals surface area contributed by atoms with Gasteiger partial charge in [-0.3, -0.25) is 4.18 Å². The lowest BCUT2D eigenvalue weighted by molar-refractivity contribution is -0.0111. The summed E-state index contributed by atoms with van der Waals surface area (Å²) in [5.74, 6) is 1.97. The fourth-order valence-corrected chi connectivity index (χ4v) is 8.73. The van der Waals surface area contributed by atoms with Crippen molar-refractivity contribution in [2.24, 2.45) is 17.3 Å². The SMILES string of the molecule is CCCCCN(CCCCC)S(=O)(=O)O[C@H]1CCC2C3CCc4cc(O)ccc4C3CC[C@@]21C. The number of nitrogens with zero attached hydrogens (tertiary/aromatic N) is 1. The highest BCUT2D eigenvalue weighted by molar-refractivity contribution is 7.84. The molecule has 6 heteroatoms. The highest BCUT2D eigenvalue weighted by atomic mass is 32.2. The maximum atomic E-state index is 13.5. The second-order valence-corrected chi connectivity index (χ2v) is 12.8. The Morgan fingerprint density at radius 3 is 2.41 bits per heavy atom. The zero-order valence-electron chi connectivity index (χ0n) is 21.5. The second kappa shape index (κ2) is 10.9. The molecule has 0 aromatic heterocycles. The molecule has 0 radical (unpaired) electrons. The predicted molar refractivity (Wildman–Crippen MR) is 137 cm³/mol. The van der Waals surface area contributed by atoms with Gasteiger partial charge in [-0.1, -0.05) is 52.5 Å². The molecular formula is C28H45NO4S. The molecule has 3 unspecified atom stereocenters. The first-order chi connectivity index (χ1) is 16.3. The lowest BCUT2D eigenvalue weighted by Gasteiger charge is -2.50. The van der Waals surface area contributed by atoms with E-state index < -0.39 is 10.3 Å². The minimum Gasteiger partial charge on any atom is -0.508 e. The molecule has 0 spiro atoms. The van der Waals surface area contributed by atoms with Crippen LogP contribution in [-0.4, -0.2) is 37.0 Å². The van der Waals surface area contributed by atoms with Gasteiger partial charge < -0.3 is 5.11 Å². The molecule has 1 aromatic rings. The van der Waals surface area contributed by atoms with Crippen LogP contribution in [0.4, 0.5) is 0 Å². The fraction of sp³-hybridized carbons (Fsp3) is 0.786.